The molecule has 0 saturated carbocycles. The molecule has 110 valence electrons. The van der Waals surface area contributed by atoms with Gasteiger partial charge in [-0.3, -0.25) is 4.68 Å². The third-order valence-corrected chi connectivity index (χ3v) is 5.49. The van der Waals surface area contributed by atoms with E-state index < -0.39 is 10.0 Å². The van der Waals surface area contributed by atoms with E-state index >= 15 is 0 Å². The maximum atomic E-state index is 12.7. The van der Waals surface area contributed by atoms with Crippen molar-refractivity contribution < 1.29 is 13.5 Å². The first-order chi connectivity index (χ1) is 8.77. The van der Waals surface area contributed by atoms with Gasteiger partial charge >= 0.3 is 0 Å². The van der Waals surface area contributed by atoms with Gasteiger partial charge in [0.15, 0.2) is 0 Å². The van der Waals surface area contributed by atoms with Crippen molar-refractivity contribution in [1.29, 1.82) is 0 Å². The SMILES string of the molecule is CCN(C(C)C)S(=O)(=O)c1c(C)nn(CCO)c1C. The van der Waals surface area contributed by atoms with Crippen molar-refractivity contribution in [3.05, 3.63) is 11.4 Å². The molecule has 0 atom stereocenters. The number of nitrogens with zero attached hydrogens (tertiary/aromatic N) is 3. The number of hydrogen-bond acceptors (Lipinski definition) is 4. The Bertz CT molecular complexity index is 535. The van der Waals surface area contributed by atoms with Gasteiger partial charge in [0, 0.05) is 12.6 Å². The summed E-state index contributed by atoms with van der Waals surface area (Å²) in [5, 5.41) is 13.2. The van der Waals surface area contributed by atoms with Crippen molar-refractivity contribution in [2.45, 2.75) is 52.1 Å². The quantitative estimate of drug-likeness (QED) is 0.844. The van der Waals surface area contributed by atoms with E-state index in [-0.39, 0.29) is 17.5 Å². The zero-order valence-corrected chi connectivity index (χ0v) is 13.0. The Balaban J connectivity index is 3.36. The maximum Gasteiger partial charge on any atom is 0.246 e. The van der Waals surface area contributed by atoms with Crippen molar-refractivity contribution in [1.82, 2.24) is 14.1 Å². The Morgan fingerprint density at radius 1 is 1.37 bits per heavy atom. The summed E-state index contributed by atoms with van der Waals surface area (Å²) in [6.45, 7) is 9.58. The molecule has 0 saturated heterocycles. The minimum atomic E-state index is -3.54. The number of rotatable bonds is 6. The van der Waals surface area contributed by atoms with Gasteiger partial charge in [-0.05, 0) is 27.7 Å². The standard InChI is InChI=1S/C12H23N3O3S/c1-6-15(9(2)3)19(17,18)12-10(4)13-14(7-8-16)11(12)5/h9,16H,6-8H2,1-5H3. The van der Waals surface area contributed by atoms with Gasteiger partial charge in [0.25, 0.3) is 0 Å². The highest BCUT2D eigenvalue weighted by molar-refractivity contribution is 7.89. The number of hydrogen-bond donors (Lipinski definition) is 1. The first-order valence-corrected chi connectivity index (χ1v) is 7.88. The van der Waals surface area contributed by atoms with Crippen molar-refractivity contribution in [3.63, 3.8) is 0 Å². The summed E-state index contributed by atoms with van der Waals surface area (Å²) < 4.78 is 28.3. The van der Waals surface area contributed by atoms with Gasteiger partial charge < -0.3 is 5.11 Å². The van der Waals surface area contributed by atoms with Crippen LogP contribution in [0.5, 0.6) is 0 Å². The lowest BCUT2D eigenvalue weighted by Crippen LogP contribution is -2.37. The van der Waals surface area contributed by atoms with Gasteiger partial charge in [-0.15, -0.1) is 0 Å². The normalized spacial score (nSPS) is 12.6. The van der Waals surface area contributed by atoms with Gasteiger partial charge in [-0.2, -0.15) is 9.40 Å². The first kappa shape index (κ1) is 16.1. The second kappa shape index (κ2) is 6.02. The van der Waals surface area contributed by atoms with Crippen LogP contribution >= 0.6 is 0 Å². The predicted octanol–water partition coefficient (Wildman–Crippen LogP) is 0.911. The summed E-state index contributed by atoms with van der Waals surface area (Å²) in [5.74, 6) is 0. The lowest BCUT2D eigenvalue weighted by atomic mass is 10.4. The molecule has 0 aromatic carbocycles. The number of aromatic nitrogens is 2. The van der Waals surface area contributed by atoms with Gasteiger partial charge in [0.1, 0.15) is 4.90 Å². The smallest absolute Gasteiger partial charge is 0.246 e. The van der Waals surface area contributed by atoms with Crippen molar-refractivity contribution in [3.8, 4) is 0 Å². The van der Waals surface area contributed by atoms with E-state index in [1.807, 2.05) is 20.8 Å². The molecule has 6 nitrogen and oxygen atoms in total. The first-order valence-electron chi connectivity index (χ1n) is 6.44. The molecule has 0 unspecified atom stereocenters. The summed E-state index contributed by atoms with van der Waals surface area (Å²) in [7, 11) is -3.54. The Labute approximate surface area is 115 Å². The summed E-state index contributed by atoms with van der Waals surface area (Å²) in [6.07, 6.45) is 0. The molecule has 0 aliphatic carbocycles. The van der Waals surface area contributed by atoms with E-state index in [4.69, 9.17) is 5.11 Å². The molecule has 1 heterocycles. The van der Waals surface area contributed by atoms with E-state index in [0.29, 0.717) is 24.5 Å². The minimum Gasteiger partial charge on any atom is -0.394 e. The molecule has 19 heavy (non-hydrogen) atoms. The summed E-state index contributed by atoms with van der Waals surface area (Å²) in [4.78, 5) is 0.261. The van der Waals surface area contributed by atoms with Crippen molar-refractivity contribution in [2.24, 2.45) is 0 Å². The van der Waals surface area contributed by atoms with Crippen LogP contribution in [0.4, 0.5) is 0 Å². The highest BCUT2D eigenvalue weighted by Crippen LogP contribution is 2.24. The minimum absolute atomic E-state index is 0.0663. The number of aliphatic hydroxyl groups excluding tert-OH is 1. The summed E-state index contributed by atoms with van der Waals surface area (Å²) >= 11 is 0. The van der Waals surface area contributed by atoms with Gasteiger partial charge in [0.2, 0.25) is 10.0 Å². The molecule has 0 amide bonds. The second-order valence-corrected chi connectivity index (χ2v) is 6.58. The Hall–Kier alpha value is -0.920. The van der Waals surface area contributed by atoms with Crippen LogP contribution in [-0.4, -0.2) is 46.8 Å². The van der Waals surface area contributed by atoms with Crippen LogP contribution in [0.25, 0.3) is 0 Å². The number of aliphatic hydroxyl groups is 1. The summed E-state index contributed by atoms with van der Waals surface area (Å²) in [5.41, 5.74) is 1.05. The Morgan fingerprint density at radius 3 is 2.37 bits per heavy atom. The topological polar surface area (TPSA) is 75.4 Å². The molecule has 1 aromatic rings. The fourth-order valence-electron chi connectivity index (χ4n) is 2.30. The van der Waals surface area contributed by atoms with E-state index in [1.54, 1.807) is 13.8 Å². The number of sulfonamides is 1. The molecular formula is C12H23N3O3S. The van der Waals surface area contributed by atoms with Gasteiger partial charge in [0.05, 0.1) is 24.5 Å². The maximum absolute atomic E-state index is 12.7. The molecule has 1 N–H and O–H groups in total. The van der Waals surface area contributed by atoms with Crippen molar-refractivity contribution >= 4 is 10.0 Å². The molecule has 0 aliphatic rings. The molecule has 0 bridgehead atoms. The molecule has 0 spiro atoms. The largest absolute Gasteiger partial charge is 0.394 e. The molecule has 0 radical (unpaired) electrons. The van der Waals surface area contributed by atoms with E-state index in [2.05, 4.69) is 5.10 Å². The third-order valence-electron chi connectivity index (χ3n) is 3.08. The van der Waals surface area contributed by atoms with Crippen molar-refractivity contribution in [2.75, 3.05) is 13.2 Å². The zero-order valence-electron chi connectivity index (χ0n) is 12.2. The van der Waals surface area contributed by atoms with Crippen LogP contribution in [0, 0.1) is 13.8 Å². The highest BCUT2D eigenvalue weighted by atomic mass is 32.2. The van der Waals surface area contributed by atoms with Crippen LogP contribution < -0.4 is 0 Å². The Kier molecular flexibility index (Phi) is 5.11. The van der Waals surface area contributed by atoms with Crippen LogP contribution in [0.1, 0.15) is 32.2 Å². The molecule has 0 fully saturated rings. The lowest BCUT2D eigenvalue weighted by molar-refractivity contribution is 0.267. The fourth-order valence-corrected chi connectivity index (χ4v) is 4.32. The fraction of sp³-hybridized carbons (Fsp3) is 0.750. The average Bonchev–Trinajstić information content (AvgIpc) is 2.54. The molecule has 1 rings (SSSR count). The highest BCUT2D eigenvalue weighted by Gasteiger charge is 2.31. The van der Waals surface area contributed by atoms with Crippen LogP contribution in [0.15, 0.2) is 4.90 Å². The second-order valence-electron chi connectivity index (χ2n) is 4.75. The van der Waals surface area contributed by atoms with Crippen LogP contribution in [-0.2, 0) is 16.6 Å². The van der Waals surface area contributed by atoms with E-state index in [0.717, 1.165) is 0 Å². The molecule has 0 aliphatic heterocycles. The predicted molar refractivity (Wildman–Crippen MR) is 73.5 cm³/mol. The molecular weight excluding hydrogens is 266 g/mol. The monoisotopic (exact) mass is 289 g/mol. The lowest BCUT2D eigenvalue weighted by Gasteiger charge is -2.24. The molecule has 7 heteroatoms. The zero-order chi connectivity index (χ0) is 14.8. The van der Waals surface area contributed by atoms with Gasteiger partial charge in [-0.1, -0.05) is 6.92 Å². The third kappa shape index (κ3) is 2.98. The van der Waals surface area contributed by atoms with Crippen LogP contribution in [0.2, 0.25) is 0 Å². The van der Waals surface area contributed by atoms with Gasteiger partial charge in [-0.25, -0.2) is 8.42 Å². The number of aryl methyl sites for hydroxylation is 1. The Morgan fingerprint density at radius 2 is 1.95 bits per heavy atom. The summed E-state index contributed by atoms with van der Waals surface area (Å²) in [6, 6.07) is -0.102. The average molecular weight is 289 g/mol. The van der Waals surface area contributed by atoms with E-state index in [9.17, 15) is 8.42 Å². The molecule has 1 aromatic heterocycles. The van der Waals surface area contributed by atoms with E-state index in [1.165, 1.54) is 8.99 Å². The van der Waals surface area contributed by atoms with Crippen LogP contribution in [0.3, 0.4) is 0 Å².